The normalized spacial score (nSPS) is 10.6. The lowest BCUT2D eigenvalue weighted by Crippen LogP contribution is -2.28. The van der Waals surface area contributed by atoms with Gasteiger partial charge in [0.2, 0.25) is 0 Å². The second-order valence-electron chi connectivity index (χ2n) is 4.44. The zero-order chi connectivity index (χ0) is 13.2. The van der Waals surface area contributed by atoms with Crippen LogP contribution >= 0.6 is 0 Å². The first-order valence-electron chi connectivity index (χ1n) is 6.16. The van der Waals surface area contributed by atoms with Gasteiger partial charge < -0.3 is 5.11 Å². The number of para-hydroxylation sites is 1. The molecule has 94 valence electrons. The average Bonchev–Trinajstić information content (AvgIpc) is 2.75. The number of hydrogen-bond acceptors (Lipinski definition) is 1. The molecule has 0 saturated heterocycles. The summed E-state index contributed by atoms with van der Waals surface area (Å²) < 4.78 is 3.60. The van der Waals surface area contributed by atoms with Crippen molar-refractivity contribution in [2.45, 2.75) is 0 Å². The highest BCUT2D eigenvalue weighted by atomic mass is 16.3. The van der Waals surface area contributed by atoms with Crippen LogP contribution in [0, 0.1) is 0 Å². The van der Waals surface area contributed by atoms with Crippen molar-refractivity contribution in [2.75, 3.05) is 0 Å². The van der Waals surface area contributed by atoms with Crippen molar-refractivity contribution in [3.63, 3.8) is 0 Å². The molecule has 0 unspecified atom stereocenters. The molecule has 0 aliphatic heterocycles. The molecule has 0 bridgehead atoms. The summed E-state index contributed by atoms with van der Waals surface area (Å²) >= 11 is 0. The molecule has 0 aliphatic carbocycles. The molecular formula is C16H14N2O. The third kappa shape index (κ3) is 1.99. The molecule has 0 N–H and O–H groups in total. The number of imidazole rings is 1. The molecule has 0 amide bonds. The van der Waals surface area contributed by atoms with Crippen molar-refractivity contribution < 1.29 is 9.67 Å². The van der Waals surface area contributed by atoms with Crippen LogP contribution in [0.5, 0.6) is 5.88 Å². The first-order valence-corrected chi connectivity index (χ1v) is 6.16. The Morgan fingerprint density at radius 2 is 1.47 bits per heavy atom. The van der Waals surface area contributed by atoms with Crippen LogP contribution in [-0.2, 0) is 7.05 Å². The van der Waals surface area contributed by atoms with E-state index in [2.05, 4.69) is 0 Å². The number of nitrogens with zero attached hydrogens (tertiary/aromatic N) is 2. The fraction of sp³-hybridized carbons (Fsp3) is 0.0625. The van der Waals surface area contributed by atoms with Crippen molar-refractivity contribution in [3.05, 3.63) is 66.9 Å². The lowest BCUT2D eigenvalue weighted by molar-refractivity contribution is -0.660. The van der Waals surface area contributed by atoms with E-state index in [1.807, 2.05) is 72.3 Å². The van der Waals surface area contributed by atoms with Crippen LogP contribution < -0.4 is 9.67 Å². The van der Waals surface area contributed by atoms with Crippen LogP contribution in [-0.4, -0.2) is 4.57 Å². The Bertz CT molecular complexity index is 628. The standard InChI is InChI=1S/C16H14N2O/c1-17-12-15(19)18(14-10-6-3-7-11-14)16(17)13-8-4-2-5-9-13/h2-12H,1H3. The summed E-state index contributed by atoms with van der Waals surface area (Å²) in [5, 5.41) is 12.2. The van der Waals surface area contributed by atoms with Gasteiger partial charge in [0.25, 0.3) is 5.82 Å². The van der Waals surface area contributed by atoms with Crippen LogP contribution in [0.2, 0.25) is 0 Å². The molecule has 0 fully saturated rings. The van der Waals surface area contributed by atoms with E-state index in [1.54, 1.807) is 10.8 Å². The molecule has 0 radical (unpaired) electrons. The van der Waals surface area contributed by atoms with E-state index in [0.29, 0.717) is 0 Å². The minimum atomic E-state index is -0.0208. The van der Waals surface area contributed by atoms with Crippen molar-refractivity contribution >= 4 is 0 Å². The Balaban J connectivity index is 2.26. The summed E-state index contributed by atoms with van der Waals surface area (Å²) in [5.74, 6) is 0.865. The summed E-state index contributed by atoms with van der Waals surface area (Å²) in [4.78, 5) is 0. The predicted molar refractivity (Wildman–Crippen MR) is 71.8 cm³/mol. The van der Waals surface area contributed by atoms with Crippen LogP contribution in [0.15, 0.2) is 66.9 Å². The van der Waals surface area contributed by atoms with Gasteiger partial charge in [-0.15, -0.1) is 0 Å². The van der Waals surface area contributed by atoms with E-state index in [4.69, 9.17) is 0 Å². The maximum atomic E-state index is 12.2. The van der Waals surface area contributed by atoms with Gasteiger partial charge in [0.1, 0.15) is 17.8 Å². The topological polar surface area (TPSA) is 31.9 Å². The minimum absolute atomic E-state index is 0.0208. The van der Waals surface area contributed by atoms with E-state index in [1.165, 1.54) is 0 Å². The minimum Gasteiger partial charge on any atom is -0.839 e. The van der Waals surface area contributed by atoms with Crippen molar-refractivity contribution in [1.82, 2.24) is 4.57 Å². The lowest BCUT2D eigenvalue weighted by Gasteiger charge is -2.07. The van der Waals surface area contributed by atoms with Crippen LogP contribution in [0.4, 0.5) is 0 Å². The summed E-state index contributed by atoms with van der Waals surface area (Å²) in [6.45, 7) is 0. The van der Waals surface area contributed by atoms with Gasteiger partial charge in [-0.2, -0.15) is 0 Å². The quantitative estimate of drug-likeness (QED) is 0.640. The zero-order valence-electron chi connectivity index (χ0n) is 10.7. The lowest BCUT2D eigenvalue weighted by atomic mass is 10.2. The monoisotopic (exact) mass is 250 g/mol. The number of aryl methyl sites for hydroxylation is 1. The highest BCUT2D eigenvalue weighted by Crippen LogP contribution is 2.24. The van der Waals surface area contributed by atoms with Gasteiger partial charge in [-0.3, -0.25) is 0 Å². The van der Waals surface area contributed by atoms with Gasteiger partial charge in [0.05, 0.1) is 12.6 Å². The van der Waals surface area contributed by atoms with Crippen LogP contribution in [0.1, 0.15) is 0 Å². The predicted octanol–water partition coefficient (Wildman–Crippen LogP) is 2.04. The van der Waals surface area contributed by atoms with Gasteiger partial charge in [0.15, 0.2) is 0 Å². The Morgan fingerprint density at radius 1 is 0.895 bits per heavy atom. The molecule has 3 nitrogen and oxygen atoms in total. The fourth-order valence-corrected chi connectivity index (χ4v) is 2.29. The summed E-state index contributed by atoms with van der Waals surface area (Å²) in [5.41, 5.74) is 1.91. The summed E-state index contributed by atoms with van der Waals surface area (Å²) in [7, 11) is 1.89. The van der Waals surface area contributed by atoms with E-state index >= 15 is 0 Å². The molecule has 0 atom stereocenters. The van der Waals surface area contributed by atoms with E-state index in [9.17, 15) is 5.11 Å². The molecule has 1 aromatic heterocycles. The molecule has 1 heterocycles. The molecule has 3 aromatic rings. The third-order valence-corrected chi connectivity index (χ3v) is 3.12. The molecule has 3 heteroatoms. The second kappa shape index (κ2) is 4.61. The van der Waals surface area contributed by atoms with E-state index < -0.39 is 0 Å². The Kier molecular flexibility index (Phi) is 2.80. The average molecular weight is 250 g/mol. The molecule has 0 spiro atoms. The van der Waals surface area contributed by atoms with Crippen molar-refractivity contribution in [3.8, 4) is 23.0 Å². The maximum Gasteiger partial charge on any atom is 0.293 e. The van der Waals surface area contributed by atoms with E-state index in [0.717, 1.165) is 17.1 Å². The van der Waals surface area contributed by atoms with Crippen molar-refractivity contribution in [2.24, 2.45) is 7.05 Å². The molecule has 0 saturated carbocycles. The Hall–Kier alpha value is -2.55. The molecule has 3 rings (SSSR count). The molecule has 0 aliphatic rings. The van der Waals surface area contributed by atoms with Crippen LogP contribution in [0.25, 0.3) is 17.1 Å². The largest absolute Gasteiger partial charge is 0.839 e. The first-order chi connectivity index (χ1) is 9.27. The van der Waals surface area contributed by atoms with Gasteiger partial charge >= 0.3 is 0 Å². The van der Waals surface area contributed by atoms with Gasteiger partial charge in [0, 0.05) is 0 Å². The highest BCUT2D eigenvalue weighted by molar-refractivity contribution is 5.57. The van der Waals surface area contributed by atoms with Gasteiger partial charge in [-0.25, -0.2) is 9.13 Å². The smallest absolute Gasteiger partial charge is 0.293 e. The first kappa shape index (κ1) is 11.5. The maximum absolute atomic E-state index is 12.2. The molecule has 19 heavy (non-hydrogen) atoms. The summed E-state index contributed by atoms with van der Waals surface area (Å²) in [6.07, 6.45) is 1.61. The molecule has 2 aromatic carbocycles. The molecular weight excluding hydrogens is 236 g/mol. The van der Waals surface area contributed by atoms with Crippen molar-refractivity contribution in [1.29, 1.82) is 0 Å². The second-order valence-corrected chi connectivity index (χ2v) is 4.44. The Labute approximate surface area is 112 Å². The zero-order valence-corrected chi connectivity index (χ0v) is 10.7. The highest BCUT2D eigenvalue weighted by Gasteiger charge is 2.19. The van der Waals surface area contributed by atoms with E-state index in [-0.39, 0.29) is 5.88 Å². The van der Waals surface area contributed by atoms with Crippen LogP contribution in [0.3, 0.4) is 0 Å². The van der Waals surface area contributed by atoms with Gasteiger partial charge in [-0.05, 0) is 24.3 Å². The fourth-order valence-electron chi connectivity index (χ4n) is 2.29. The number of hydrogen-bond donors (Lipinski definition) is 0. The number of aromatic nitrogens is 2. The number of rotatable bonds is 2. The third-order valence-electron chi connectivity index (χ3n) is 3.12. The summed E-state index contributed by atoms with van der Waals surface area (Å²) in [6, 6.07) is 19.6. The SMILES string of the molecule is C[n+]1cc([O-])n(-c2ccccc2)c1-c1ccccc1. The number of benzene rings is 2. The Morgan fingerprint density at radius 3 is 2.11 bits per heavy atom. The van der Waals surface area contributed by atoms with Gasteiger partial charge in [-0.1, -0.05) is 36.4 Å².